The van der Waals surface area contributed by atoms with E-state index in [2.05, 4.69) is 184 Å². The van der Waals surface area contributed by atoms with Gasteiger partial charge in [-0.1, -0.05) is 149 Å². The van der Waals surface area contributed by atoms with Gasteiger partial charge in [0.15, 0.2) is 0 Å². The Morgan fingerprint density at radius 1 is 0.400 bits per heavy atom. The molecule has 240 valence electrons. The van der Waals surface area contributed by atoms with Gasteiger partial charge in [-0.15, -0.1) is 11.3 Å². The monoisotopic (exact) mass is 659 g/mol. The molecule has 0 fully saturated rings. The maximum Gasteiger partial charge on any atom is 0.0540 e. The van der Waals surface area contributed by atoms with Crippen molar-refractivity contribution in [1.29, 1.82) is 0 Å². The fourth-order valence-electron chi connectivity index (χ4n) is 9.21. The van der Waals surface area contributed by atoms with Crippen molar-refractivity contribution in [3.05, 3.63) is 174 Å². The van der Waals surface area contributed by atoms with Gasteiger partial charge < -0.3 is 4.90 Å². The Kier molecular flexibility index (Phi) is 6.21. The number of rotatable bonds is 4. The van der Waals surface area contributed by atoms with Gasteiger partial charge in [-0.25, -0.2) is 0 Å². The largest absolute Gasteiger partial charge is 0.309 e. The fraction of sp³-hybridized carbons (Fsp3) is 0.125. The molecule has 0 N–H and O–H groups in total. The molecule has 0 saturated carbocycles. The number of anilines is 3. The Hall–Kier alpha value is -5.44. The maximum absolute atomic E-state index is 2.60. The van der Waals surface area contributed by atoms with Gasteiger partial charge in [-0.3, -0.25) is 0 Å². The van der Waals surface area contributed by atoms with Crippen LogP contribution in [0.3, 0.4) is 0 Å². The molecule has 0 radical (unpaired) electrons. The van der Waals surface area contributed by atoms with Gasteiger partial charge in [-0.2, -0.15) is 0 Å². The highest BCUT2D eigenvalue weighted by atomic mass is 32.1. The normalized spacial score (nSPS) is 14.7. The summed E-state index contributed by atoms with van der Waals surface area (Å²) in [6, 6.07) is 56.7. The van der Waals surface area contributed by atoms with Gasteiger partial charge >= 0.3 is 0 Å². The molecule has 0 amide bonds. The second-order valence-electron chi connectivity index (χ2n) is 14.9. The minimum absolute atomic E-state index is 0.178. The summed E-state index contributed by atoms with van der Waals surface area (Å²) in [6.45, 7) is 9.59. The van der Waals surface area contributed by atoms with Crippen LogP contribution in [0.4, 0.5) is 17.1 Å². The molecule has 1 aromatic heterocycles. The van der Waals surface area contributed by atoms with E-state index >= 15 is 0 Å². The summed E-state index contributed by atoms with van der Waals surface area (Å²) in [5.74, 6) is 0. The van der Waals surface area contributed by atoms with Crippen molar-refractivity contribution in [3.63, 3.8) is 0 Å². The number of hydrogen-bond donors (Lipinski definition) is 0. The summed E-state index contributed by atoms with van der Waals surface area (Å²) >= 11 is 1.88. The Morgan fingerprint density at radius 2 is 0.880 bits per heavy atom. The van der Waals surface area contributed by atoms with Crippen molar-refractivity contribution in [1.82, 2.24) is 0 Å². The smallest absolute Gasteiger partial charge is 0.0540 e. The second-order valence-corrected chi connectivity index (χ2v) is 16.0. The number of thiophene rings is 1. The fourth-order valence-corrected chi connectivity index (χ4v) is 10.4. The average molecular weight is 660 g/mol. The molecule has 10 rings (SSSR count). The van der Waals surface area contributed by atoms with E-state index in [9.17, 15) is 0 Å². The first-order valence-corrected chi connectivity index (χ1v) is 18.4. The van der Waals surface area contributed by atoms with Crippen LogP contribution in [0.1, 0.15) is 49.9 Å². The molecule has 0 aliphatic heterocycles. The zero-order valence-electron chi connectivity index (χ0n) is 28.8. The zero-order valence-corrected chi connectivity index (χ0v) is 29.6. The molecule has 0 saturated heterocycles. The van der Waals surface area contributed by atoms with Crippen molar-refractivity contribution in [2.75, 3.05) is 4.90 Å². The molecule has 2 heteroatoms. The minimum atomic E-state index is -0.178. The van der Waals surface area contributed by atoms with Crippen molar-refractivity contribution in [3.8, 4) is 33.4 Å². The van der Waals surface area contributed by atoms with Crippen molar-refractivity contribution in [2.24, 2.45) is 0 Å². The number of benzene rings is 7. The standard InChI is InChI=1S/C48H37NS/c1-47(2)38-21-9-5-16-32(38)36-19-13-24-41(45(36)47)49(42-25-14-20-37-33-17-6-10-22-39(33)48(3,4)46(37)42)40-23-11-7-15-31(40)30-27-28-35-34-18-8-12-26-43(34)50-44(35)29-30/h5-29H,1-4H3. The van der Waals surface area contributed by atoms with E-state index < -0.39 is 0 Å². The average Bonchev–Trinajstić information content (AvgIpc) is 3.72. The zero-order chi connectivity index (χ0) is 33.8. The van der Waals surface area contributed by atoms with E-state index in [4.69, 9.17) is 0 Å². The van der Waals surface area contributed by atoms with Crippen LogP contribution >= 0.6 is 11.3 Å². The molecule has 1 heterocycles. The topological polar surface area (TPSA) is 3.24 Å². The van der Waals surface area contributed by atoms with Gasteiger partial charge in [0.2, 0.25) is 0 Å². The predicted molar refractivity (Wildman–Crippen MR) is 215 cm³/mol. The van der Waals surface area contributed by atoms with Crippen LogP contribution in [0.2, 0.25) is 0 Å². The Labute approximate surface area is 298 Å². The molecular weight excluding hydrogens is 623 g/mol. The molecule has 7 aromatic carbocycles. The molecule has 2 aliphatic carbocycles. The number of para-hydroxylation sites is 1. The molecular formula is C48H37NS. The number of nitrogens with zero attached hydrogens (tertiary/aromatic N) is 1. The first-order chi connectivity index (χ1) is 24.3. The highest BCUT2D eigenvalue weighted by molar-refractivity contribution is 7.25. The van der Waals surface area contributed by atoms with E-state index in [0.717, 1.165) is 0 Å². The first-order valence-electron chi connectivity index (χ1n) is 17.6. The lowest BCUT2D eigenvalue weighted by atomic mass is 9.79. The third kappa shape index (κ3) is 4.00. The minimum Gasteiger partial charge on any atom is -0.309 e. The van der Waals surface area contributed by atoms with Crippen LogP contribution in [-0.4, -0.2) is 0 Å². The van der Waals surface area contributed by atoms with Crippen molar-refractivity contribution in [2.45, 2.75) is 38.5 Å². The highest BCUT2D eigenvalue weighted by Gasteiger charge is 2.42. The lowest BCUT2D eigenvalue weighted by molar-refractivity contribution is 0.656. The molecule has 50 heavy (non-hydrogen) atoms. The van der Waals surface area contributed by atoms with Crippen LogP contribution in [-0.2, 0) is 10.8 Å². The number of hydrogen-bond acceptors (Lipinski definition) is 2. The molecule has 0 unspecified atom stereocenters. The van der Waals surface area contributed by atoms with Gasteiger partial charge in [0.05, 0.1) is 17.1 Å². The van der Waals surface area contributed by atoms with Crippen LogP contribution in [0.5, 0.6) is 0 Å². The van der Waals surface area contributed by atoms with Gasteiger partial charge in [0.25, 0.3) is 0 Å². The molecule has 8 aromatic rings. The maximum atomic E-state index is 2.60. The third-order valence-electron chi connectivity index (χ3n) is 11.4. The van der Waals surface area contributed by atoms with E-state index in [0.29, 0.717) is 0 Å². The molecule has 2 aliphatic rings. The summed E-state index contributed by atoms with van der Waals surface area (Å²) in [4.78, 5) is 2.60. The van der Waals surface area contributed by atoms with Gasteiger partial charge in [-0.05, 0) is 80.4 Å². The lowest BCUT2D eigenvalue weighted by Crippen LogP contribution is -2.24. The SMILES string of the molecule is CC1(C)c2ccccc2-c2cccc(N(c3ccccc3-c3ccc4c(c3)sc3ccccc34)c3cccc4c3C(C)(C)c3ccccc3-4)c21. The summed E-state index contributed by atoms with van der Waals surface area (Å²) in [5.41, 5.74) is 16.6. The van der Waals surface area contributed by atoms with E-state index in [1.807, 2.05) is 11.3 Å². The van der Waals surface area contributed by atoms with Crippen LogP contribution in [0.25, 0.3) is 53.6 Å². The molecule has 0 bridgehead atoms. The Bertz CT molecular complexity index is 2560. The van der Waals surface area contributed by atoms with E-state index in [1.54, 1.807) is 0 Å². The van der Waals surface area contributed by atoms with Crippen molar-refractivity contribution >= 4 is 48.6 Å². The van der Waals surface area contributed by atoms with E-state index in [-0.39, 0.29) is 10.8 Å². The quantitative estimate of drug-likeness (QED) is 0.182. The summed E-state index contributed by atoms with van der Waals surface area (Å²) in [5, 5.41) is 2.65. The van der Waals surface area contributed by atoms with Gasteiger partial charge in [0.1, 0.15) is 0 Å². The lowest BCUT2D eigenvalue weighted by Gasteiger charge is -2.36. The van der Waals surface area contributed by atoms with E-state index in [1.165, 1.54) is 92.9 Å². The third-order valence-corrected chi connectivity index (χ3v) is 12.6. The van der Waals surface area contributed by atoms with Crippen molar-refractivity contribution < 1.29 is 0 Å². The Balaban J connectivity index is 1.27. The van der Waals surface area contributed by atoms with Crippen LogP contribution < -0.4 is 4.90 Å². The number of fused-ring (bicyclic) bond motifs is 9. The van der Waals surface area contributed by atoms with Crippen LogP contribution in [0.15, 0.2) is 152 Å². The summed E-state index contributed by atoms with van der Waals surface area (Å²) in [7, 11) is 0. The highest BCUT2D eigenvalue weighted by Crippen LogP contribution is 2.58. The molecule has 0 atom stereocenters. The molecule has 0 spiro atoms. The summed E-state index contributed by atoms with van der Waals surface area (Å²) < 4.78 is 2.65. The summed E-state index contributed by atoms with van der Waals surface area (Å²) in [6.07, 6.45) is 0. The molecule has 1 nitrogen and oxygen atoms in total. The first kappa shape index (κ1) is 29.5. The van der Waals surface area contributed by atoms with Crippen LogP contribution in [0, 0.1) is 0 Å². The second kappa shape index (κ2) is 10.5. The Morgan fingerprint density at radius 3 is 1.52 bits per heavy atom. The predicted octanol–water partition coefficient (Wildman–Crippen LogP) is 13.8. The van der Waals surface area contributed by atoms with Gasteiger partial charge in [0, 0.05) is 36.6 Å².